The van der Waals surface area contributed by atoms with E-state index in [1.54, 1.807) is 12.1 Å². The van der Waals surface area contributed by atoms with E-state index in [0.29, 0.717) is 30.4 Å². The number of nitrogens with one attached hydrogen (secondary N) is 1. The number of rotatable bonds is 9. The average molecular weight is 742 g/mol. The first-order chi connectivity index (χ1) is 24.2. The van der Waals surface area contributed by atoms with Gasteiger partial charge < -0.3 is 14.5 Å². The Morgan fingerprint density at radius 3 is 2.19 bits per heavy atom. The molecule has 7 atom stereocenters. The molecule has 2 aromatic carbocycles. The molecular weight excluding hydrogens is 687 g/mol. The Balaban J connectivity index is 1.34. The molecule has 0 saturated heterocycles. The molecule has 6 rings (SSSR count). The smallest absolute Gasteiger partial charge is 0.457 e. The average Bonchev–Trinajstić information content (AvgIpc) is 3.61. The number of nitrogens with zero attached hydrogens (tertiary/aromatic N) is 2. The molecule has 0 bridgehead atoms. The first kappa shape index (κ1) is 38.5. The summed E-state index contributed by atoms with van der Waals surface area (Å²) in [6.45, 7) is 18.8. The van der Waals surface area contributed by atoms with E-state index in [1.807, 2.05) is 35.1 Å². The largest absolute Gasteiger partial charge is 0.471 e. The van der Waals surface area contributed by atoms with Crippen molar-refractivity contribution in [3.8, 4) is 17.2 Å². The highest BCUT2D eigenvalue weighted by Crippen LogP contribution is 2.63. The fourth-order valence-electron chi connectivity index (χ4n) is 9.48. The van der Waals surface area contributed by atoms with Gasteiger partial charge in [0.25, 0.3) is 0 Å². The Morgan fingerprint density at radius 1 is 0.962 bits per heavy atom. The number of alkyl halides is 3. The Bertz CT molecular complexity index is 1740. The van der Waals surface area contributed by atoms with Gasteiger partial charge in [0.15, 0.2) is 8.32 Å². The molecule has 6 nitrogen and oxygen atoms in total. The summed E-state index contributed by atoms with van der Waals surface area (Å²) in [5, 5.41) is 7.25. The van der Waals surface area contributed by atoms with Crippen molar-refractivity contribution >= 4 is 14.2 Å². The zero-order valence-corrected chi connectivity index (χ0v) is 32.9. The fourth-order valence-corrected chi connectivity index (χ4v) is 10.5. The zero-order valence-electron chi connectivity index (χ0n) is 31.9. The number of carbonyl (C=O) groups is 1. The SMILES string of the molecule is C[C@H]1CC[C@H]2[C@H](CNC(=O)C(F)(F)F)[C@@H]([C@@]3(C)Cc4cnn(-c5ccc(Oc6ccc(F)cc6)cc5)c4C[C@@H]3CO[Si](C)(C)C(C)(C)C)CC[C@]12C. The van der Waals surface area contributed by atoms with Crippen molar-refractivity contribution in [2.24, 2.45) is 40.4 Å². The maximum atomic E-state index is 13.5. The van der Waals surface area contributed by atoms with Crippen LogP contribution in [0.1, 0.15) is 78.5 Å². The van der Waals surface area contributed by atoms with Crippen LogP contribution in [-0.4, -0.2) is 43.3 Å². The molecule has 3 aliphatic carbocycles. The number of aromatic nitrogens is 2. The molecule has 0 aliphatic heterocycles. The molecule has 1 aromatic heterocycles. The first-order valence-corrected chi connectivity index (χ1v) is 21.7. The molecule has 284 valence electrons. The van der Waals surface area contributed by atoms with Gasteiger partial charge in [-0.1, -0.05) is 41.5 Å². The zero-order chi connectivity index (χ0) is 37.9. The number of ether oxygens (including phenoxy) is 1. The molecule has 52 heavy (non-hydrogen) atoms. The van der Waals surface area contributed by atoms with Crippen LogP contribution >= 0.6 is 0 Å². The monoisotopic (exact) mass is 741 g/mol. The molecule has 2 fully saturated rings. The first-order valence-electron chi connectivity index (χ1n) is 18.8. The van der Waals surface area contributed by atoms with E-state index >= 15 is 0 Å². The van der Waals surface area contributed by atoms with Crippen LogP contribution in [0.2, 0.25) is 18.1 Å². The highest BCUT2D eigenvalue weighted by atomic mass is 28.4. The fraction of sp³-hybridized carbons (Fsp3) is 0.610. The molecule has 0 spiro atoms. The van der Waals surface area contributed by atoms with Crippen molar-refractivity contribution in [3.05, 3.63) is 71.8 Å². The van der Waals surface area contributed by atoms with Crippen molar-refractivity contribution in [1.29, 1.82) is 0 Å². The second-order valence-electron chi connectivity index (χ2n) is 17.8. The lowest BCUT2D eigenvalue weighted by Crippen LogP contribution is -2.55. The molecule has 11 heteroatoms. The minimum atomic E-state index is -4.92. The number of fused-ring (bicyclic) bond motifs is 2. The second-order valence-corrected chi connectivity index (χ2v) is 22.6. The van der Waals surface area contributed by atoms with Crippen LogP contribution in [0, 0.1) is 46.2 Å². The van der Waals surface area contributed by atoms with Gasteiger partial charge in [-0.05, 0) is 151 Å². The van der Waals surface area contributed by atoms with Gasteiger partial charge in [0.2, 0.25) is 0 Å². The van der Waals surface area contributed by atoms with Crippen molar-refractivity contribution in [2.45, 2.75) is 104 Å². The Kier molecular flexibility index (Phi) is 10.3. The maximum Gasteiger partial charge on any atom is 0.471 e. The lowest BCUT2D eigenvalue weighted by molar-refractivity contribution is -0.174. The van der Waals surface area contributed by atoms with Crippen LogP contribution in [-0.2, 0) is 22.1 Å². The summed E-state index contributed by atoms with van der Waals surface area (Å²) in [6, 6.07) is 13.6. The maximum absolute atomic E-state index is 13.5. The van der Waals surface area contributed by atoms with Crippen LogP contribution in [0.4, 0.5) is 17.6 Å². The van der Waals surface area contributed by atoms with Crippen LogP contribution < -0.4 is 10.1 Å². The summed E-state index contributed by atoms with van der Waals surface area (Å²) in [7, 11) is -2.15. The minimum Gasteiger partial charge on any atom is -0.457 e. The molecule has 3 aliphatic rings. The van der Waals surface area contributed by atoms with Crippen LogP contribution in [0.3, 0.4) is 0 Å². The van der Waals surface area contributed by atoms with Gasteiger partial charge in [0, 0.05) is 18.8 Å². The predicted octanol–water partition coefficient (Wildman–Crippen LogP) is 10.3. The van der Waals surface area contributed by atoms with Crippen molar-refractivity contribution in [1.82, 2.24) is 15.1 Å². The lowest BCUT2D eigenvalue weighted by atomic mass is 9.49. The van der Waals surface area contributed by atoms with E-state index in [9.17, 15) is 22.4 Å². The summed E-state index contributed by atoms with van der Waals surface area (Å²) < 4.78 is 68.8. The minimum absolute atomic E-state index is 0.0137. The third-order valence-corrected chi connectivity index (χ3v) is 18.5. The molecular formula is C41H55F4N3O3Si. The van der Waals surface area contributed by atoms with Crippen molar-refractivity contribution < 1.29 is 31.5 Å². The molecule has 0 radical (unpaired) electrons. The molecule has 0 unspecified atom stereocenters. The van der Waals surface area contributed by atoms with E-state index in [1.165, 1.54) is 12.1 Å². The quantitative estimate of drug-likeness (QED) is 0.175. The summed E-state index contributed by atoms with van der Waals surface area (Å²) in [5.74, 6) is -0.207. The number of amides is 1. The van der Waals surface area contributed by atoms with Gasteiger partial charge >= 0.3 is 12.1 Å². The van der Waals surface area contributed by atoms with E-state index in [4.69, 9.17) is 14.3 Å². The highest BCUT2D eigenvalue weighted by molar-refractivity contribution is 6.74. The van der Waals surface area contributed by atoms with E-state index in [0.717, 1.165) is 49.0 Å². The molecule has 2 saturated carbocycles. The normalized spacial score (nSPS) is 29.3. The van der Waals surface area contributed by atoms with Gasteiger partial charge in [-0.3, -0.25) is 4.79 Å². The number of halogens is 4. The predicted molar refractivity (Wildman–Crippen MR) is 197 cm³/mol. The van der Waals surface area contributed by atoms with Crippen molar-refractivity contribution in [3.63, 3.8) is 0 Å². The summed E-state index contributed by atoms with van der Waals surface area (Å²) >= 11 is 0. The highest BCUT2D eigenvalue weighted by Gasteiger charge is 2.58. The Labute approximate surface area is 307 Å². The topological polar surface area (TPSA) is 65.4 Å². The van der Waals surface area contributed by atoms with E-state index in [2.05, 4.69) is 60.0 Å². The Hall–Kier alpha value is -3.18. The molecule has 3 aromatic rings. The van der Waals surface area contributed by atoms with Gasteiger partial charge in [-0.25, -0.2) is 9.07 Å². The standard InChI is InChI=1S/C41H55F4N3O3Si/c1-26-9-18-34-33(24-46-37(49)41(43,44)45)35(19-20-39(26,34)5)40(6)22-27-23-47-48(36(27)21-28(40)25-50-52(7,8)38(2,3)4)30-12-16-32(17-13-30)51-31-14-10-29(42)11-15-31/h10-17,23,26,28,33-35H,9,18-22,24-25H2,1-8H3,(H,46,49)/t26-,28+,33-,34-,35-,39+,40-/m0/s1. The summed E-state index contributed by atoms with van der Waals surface area (Å²) in [5.41, 5.74) is 2.89. The van der Waals surface area contributed by atoms with Gasteiger partial charge in [-0.15, -0.1) is 0 Å². The second kappa shape index (κ2) is 13.9. The summed E-state index contributed by atoms with van der Waals surface area (Å²) in [4.78, 5) is 12.2. The van der Waals surface area contributed by atoms with E-state index < -0.39 is 20.4 Å². The summed E-state index contributed by atoms with van der Waals surface area (Å²) in [6.07, 6.45) is 2.42. The molecule has 1 amide bonds. The number of hydrogen-bond donors (Lipinski definition) is 1. The number of benzene rings is 2. The van der Waals surface area contributed by atoms with Crippen LogP contribution in [0.15, 0.2) is 54.7 Å². The van der Waals surface area contributed by atoms with Gasteiger partial charge in [-0.2, -0.15) is 18.3 Å². The Morgan fingerprint density at radius 2 is 1.58 bits per heavy atom. The van der Waals surface area contributed by atoms with Crippen LogP contribution in [0.5, 0.6) is 11.5 Å². The third kappa shape index (κ3) is 7.33. The number of carbonyl (C=O) groups excluding carboxylic acids is 1. The molecule has 1 N–H and O–H groups in total. The van der Waals surface area contributed by atoms with Gasteiger partial charge in [0.05, 0.1) is 11.9 Å². The lowest BCUT2D eigenvalue weighted by Gasteiger charge is -2.57. The van der Waals surface area contributed by atoms with Crippen molar-refractivity contribution in [2.75, 3.05) is 13.2 Å². The van der Waals surface area contributed by atoms with E-state index in [-0.39, 0.29) is 51.9 Å². The van der Waals surface area contributed by atoms with Crippen LogP contribution in [0.25, 0.3) is 5.69 Å². The molecule has 1 heterocycles. The van der Waals surface area contributed by atoms with Gasteiger partial charge in [0.1, 0.15) is 17.3 Å². The number of hydrogen-bond acceptors (Lipinski definition) is 4. The third-order valence-electron chi connectivity index (χ3n) is 14.0.